The summed E-state index contributed by atoms with van der Waals surface area (Å²) < 4.78 is 6.10. The van der Waals surface area contributed by atoms with E-state index in [1.807, 2.05) is 6.07 Å². The van der Waals surface area contributed by atoms with Crippen LogP contribution in [0.5, 0.6) is 11.6 Å². The van der Waals surface area contributed by atoms with Gasteiger partial charge in [-0.15, -0.1) is 10.2 Å². The summed E-state index contributed by atoms with van der Waals surface area (Å²) in [6.45, 7) is 4.52. The van der Waals surface area contributed by atoms with Crippen molar-refractivity contribution in [2.24, 2.45) is 0 Å². The van der Waals surface area contributed by atoms with E-state index in [2.05, 4.69) is 29.4 Å². The Hall–Kier alpha value is -2.65. The molecule has 6 heteroatoms. The van der Waals surface area contributed by atoms with Gasteiger partial charge >= 0.3 is 0 Å². The molecule has 134 valence electrons. The van der Waals surface area contributed by atoms with Crippen LogP contribution >= 0.6 is 0 Å². The molecule has 0 saturated carbocycles. The van der Waals surface area contributed by atoms with Crippen LogP contribution < -0.4 is 10.1 Å². The van der Waals surface area contributed by atoms with Crippen LogP contribution in [0.2, 0.25) is 0 Å². The highest BCUT2D eigenvalue weighted by Crippen LogP contribution is 2.43. The van der Waals surface area contributed by atoms with Gasteiger partial charge in [-0.2, -0.15) is 5.26 Å². The molecule has 1 aromatic carbocycles. The second-order valence-corrected chi connectivity index (χ2v) is 7.99. The standard InChI is InChI=1S/C20H22N4O2/c1-19-7-8-20(2,24-19)11-14(10-19)26-18-6-5-16(22-23-18)15-4-3-13(12-21)9-17(15)25/h3-6,9,14,24-25H,7-8,10-11H2,1-2H3/t14?,19-,20+. The molecule has 2 saturated heterocycles. The maximum atomic E-state index is 10.1. The van der Waals surface area contributed by atoms with Crippen molar-refractivity contribution in [2.45, 2.75) is 56.7 Å². The Morgan fingerprint density at radius 3 is 2.46 bits per heavy atom. The smallest absolute Gasteiger partial charge is 0.233 e. The molecule has 26 heavy (non-hydrogen) atoms. The zero-order valence-electron chi connectivity index (χ0n) is 15.0. The molecule has 1 unspecified atom stereocenters. The number of nitriles is 1. The van der Waals surface area contributed by atoms with Crippen molar-refractivity contribution in [3.05, 3.63) is 35.9 Å². The Kier molecular flexibility index (Phi) is 3.85. The van der Waals surface area contributed by atoms with Crippen LogP contribution in [0.3, 0.4) is 0 Å². The van der Waals surface area contributed by atoms with Gasteiger partial charge in [0.25, 0.3) is 0 Å². The number of fused-ring (bicyclic) bond motifs is 2. The highest BCUT2D eigenvalue weighted by atomic mass is 16.5. The van der Waals surface area contributed by atoms with Gasteiger partial charge in [0.15, 0.2) is 0 Å². The molecule has 3 atom stereocenters. The van der Waals surface area contributed by atoms with Crippen molar-refractivity contribution in [1.82, 2.24) is 15.5 Å². The van der Waals surface area contributed by atoms with E-state index in [0.29, 0.717) is 22.7 Å². The van der Waals surface area contributed by atoms with Crippen LogP contribution in [0.4, 0.5) is 0 Å². The van der Waals surface area contributed by atoms with Gasteiger partial charge in [-0.1, -0.05) is 0 Å². The molecule has 2 aromatic rings. The molecule has 2 fully saturated rings. The van der Waals surface area contributed by atoms with Gasteiger partial charge < -0.3 is 15.2 Å². The monoisotopic (exact) mass is 350 g/mol. The van der Waals surface area contributed by atoms with E-state index < -0.39 is 0 Å². The number of hydrogen-bond acceptors (Lipinski definition) is 6. The highest BCUT2D eigenvalue weighted by Gasteiger charge is 2.49. The van der Waals surface area contributed by atoms with Gasteiger partial charge in [0, 0.05) is 35.5 Å². The van der Waals surface area contributed by atoms with Gasteiger partial charge in [-0.05, 0) is 51.0 Å². The summed E-state index contributed by atoms with van der Waals surface area (Å²) >= 11 is 0. The molecular weight excluding hydrogens is 328 g/mol. The Balaban J connectivity index is 1.50. The maximum absolute atomic E-state index is 10.1. The zero-order valence-corrected chi connectivity index (χ0v) is 15.0. The topological polar surface area (TPSA) is 91.1 Å². The van der Waals surface area contributed by atoms with Crippen LogP contribution in [0, 0.1) is 11.3 Å². The highest BCUT2D eigenvalue weighted by molar-refractivity contribution is 5.67. The Bertz CT molecular complexity index is 858. The number of aromatic nitrogens is 2. The van der Waals surface area contributed by atoms with Crippen molar-refractivity contribution in [1.29, 1.82) is 5.26 Å². The number of benzene rings is 1. The second-order valence-electron chi connectivity index (χ2n) is 7.99. The van der Waals surface area contributed by atoms with E-state index in [1.165, 1.54) is 18.9 Å². The van der Waals surface area contributed by atoms with Gasteiger partial charge in [-0.3, -0.25) is 0 Å². The van der Waals surface area contributed by atoms with Crippen molar-refractivity contribution < 1.29 is 9.84 Å². The summed E-state index contributed by atoms with van der Waals surface area (Å²) in [5, 5.41) is 31.1. The van der Waals surface area contributed by atoms with Crippen LogP contribution in [0.15, 0.2) is 30.3 Å². The molecule has 2 aliphatic heterocycles. The molecule has 3 heterocycles. The van der Waals surface area contributed by atoms with Gasteiger partial charge in [0.2, 0.25) is 5.88 Å². The number of piperidine rings is 1. The number of phenols is 1. The summed E-state index contributed by atoms with van der Waals surface area (Å²) in [6.07, 6.45) is 4.39. The van der Waals surface area contributed by atoms with Crippen LogP contribution in [-0.2, 0) is 0 Å². The first-order valence-electron chi connectivity index (χ1n) is 8.91. The third kappa shape index (κ3) is 3.11. The quantitative estimate of drug-likeness (QED) is 0.883. The minimum absolute atomic E-state index is 0.0165. The summed E-state index contributed by atoms with van der Waals surface area (Å²) in [5.41, 5.74) is 1.77. The molecule has 2 bridgehead atoms. The molecule has 0 aliphatic carbocycles. The van der Waals surface area contributed by atoms with E-state index >= 15 is 0 Å². The summed E-state index contributed by atoms with van der Waals surface area (Å²) in [4.78, 5) is 0. The zero-order chi connectivity index (χ0) is 18.4. The molecule has 2 N–H and O–H groups in total. The Morgan fingerprint density at radius 1 is 1.15 bits per heavy atom. The van der Waals surface area contributed by atoms with Crippen LogP contribution in [0.25, 0.3) is 11.3 Å². The number of ether oxygens (including phenoxy) is 1. The Labute approximate surface area is 152 Å². The first kappa shape index (κ1) is 16.8. The average molecular weight is 350 g/mol. The third-order valence-electron chi connectivity index (χ3n) is 5.52. The molecule has 1 aromatic heterocycles. The largest absolute Gasteiger partial charge is 0.507 e. The fourth-order valence-electron chi connectivity index (χ4n) is 4.39. The summed E-state index contributed by atoms with van der Waals surface area (Å²) in [6, 6.07) is 10.3. The van der Waals surface area contributed by atoms with Gasteiger partial charge in [0.05, 0.1) is 17.3 Å². The number of nitrogens with one attached hydrogen (secondary N) is 1. The predicted octanol–water partition coefficient (Wildman–Crippen LogP) is 3.16. The van der Waals surface area contributed by atoms with E-state index in [0.717, 1.165) is 12.8 Å². The van der Waals surface area contributed by atoms with E-state index in [-0.39, 0.29) is 22.9 Å². The SMILES string of the molecule is C[C@]12CC[C@](C)(CC(Oc3ccc(-c4ccc(C#N)cc4O)nn3)C1)N2. The predicted molar refractivity (Wildman–Crippen MR) is 96.7 cm³/mol. The lowest BCUT2D eigenvalue weighted by atomic mass is 9.86. The normalized spacial score (nSPS) is 30.0. The van der Waals surface area contributed by atoms with E-state index in [9.17, 15) is 5.11 Å². The summed E-state index contributed by atoms with van der Waals surface area (Å²) in [7, 11) is 0. The molecule has 6 nitrogen and oxygen atoms in total. The van der Waals surface area contributed by atoms with Crippen molar-refractivity contribution in [3.63, 3.8) is 0 Å². The second kappa shape index (κ2) is 5.96. The number of aromatic hydroxyl groups is 1. The molecule has 4 rings (SSSR count). The summed E-state index contributed by atoms with van der Waals surface area (Å²) in [5.74, 6) is 0.517. The Morgan fingerprint density at radius 2 is 1.88 bits per heavy atom. The first-order chi connectivity index (χ1) is 12.4. The van der Waals surface area contributed by atoms with Gasteiger partial charge in [0.1, 0.15) is 11.9 Å². The van der Waals surface area contributed by atoms with Gasteiger partial charge in [-0.25, -0.2) is 0 Å². The molecule has 0 amide bonds. The molecule has 0 radical (unpaired) electrons. The fourth-order valence-corrected chi connectivity index (χ4v) is 4.39. The lowest BCUT2D eigenvalue weighted by Crippen LogP contribution is -2.56. The lowest BCUT2D eigenvalue weighted by Gasteiger charge is -2.41. The fraction of sp³-hybridized carbons (Fsp3) is 0.450. The van der Waals surface area contributed by atoms with Crippen LogP contribution in [-0.4, -0.2) is 32.5 Å². The van der Waals surface area contributed by atoms with E-state index in [4.69, 9.17) is 10.00 Å². The van der Waals surface area contributed by atoms with E-state index in [1.54, 1.807) is 24.3 Å². The molecular formula is C20H22N4O2. The number of rotatable bonds is 3. The maximum Gasteiger partial charge on any atom is 0.233 e. The number of nitrogens with zero attached hydrogens (tertiary/aromatic N) is 3. The van der Waals surface area contributed by atoms with Crippen molar-refractivity contribution in [3.8, 4) is 29.0 Å². The minimum atomic E-state index is 0.0165. The third-order valence-corrected chi connectivity index (χ3v) is 5.52. The molecule has 2 aliphatic rings. The minimum Gasteiger partial charge on any atom is -0.507 e. The number of phenolic OH excluding ortho intramolecular Hbond substituents is 1. The molecule has 0 spiro atoms. The average Bonchev–Trinajstić information content (AvgIpc) is 2.83. The van der Waals surface area contributed by atoms with Crippen LogP contribution in [0.1, 0.15) is 45.1 Å². The van der Waals surface area contributed by atoms with Crippen molar-refractivity contribution in [2.75, 3.05) is 0 Å². The van der Waals surface area contributed by atoms with Crippen molar-refractivity contribution >= 4 is 0 Å². The first-order valence-corrected chi connectivity index (χ1v) is 8.91. The number of hydrogen-bond donors (Lipinski definition) is 2. The lowest BCUT2D eigenvalue weighted by molar-refractivity contribution is 0.0754.